The van der Waals surface area contributed by atoms with Crippen LogP contribution in [0.1, 0.15) is 116 Å². The Kier molecular flexibility index (Phi) is 19.4. The Hall–Kier alpha value is -1.14. The van der Waals surface area contributed by atoms with Gasteiger partial charge in [0.1, 0.15) is 6.04 Å². The van der Waals surface area contributed by atoms with E-state index in [2.05, 4.69) is 11.7 Å². The molecule has 0 fully saturated rings. The molecule has 0 unspecified atom stereocenters. The summed E-state index contributed by atoms with van der Waals surface area (Å²) < 4.78 is 4.56. The van der Waals surface area contributed by atoms with Crippen molar-refractivity contribution in [2.45, 2.75) is 122 Å². The predicted molar refractivity (Wildman–Crippen MR) is 118 cm³/mol. The molecule has 0 aromatic carbocycles. The van der Waals surface area contributed by atoms with E-state index in [1.165, 1.54) is 77.7 Å². The first-order valence-electron chi connectivity index (χ1n) is 11.9. The molecule has 0 aliphatic heterocycles. The highest BCUT2D eigenvalue weighted by molar-refractivity contribution is 5.75. The van der Waals surface area contributed by atoms with Crippen LogP contribution in [0.25, 0.3) is 0 Å². The van der Waals surface area contributed by atoms with Crippen molar-refractivity contribution >= 4 is 11.9 Å². The third-order valence-corrected chi connectivity index (χ3v) is 5.42. The smallest absolute Gasteiger partial charge is 0.322 e. The number of amides is 1. The van der Waals surface area contributed by atoms with Crippen molar-refractivity contribution in [3.05, 3.63) is 0 Å². The molecule has 6 nitrogen and oxygen atoms in total. The number of ether oxygens (including phenoxy) is 1. The molecule has 0 aromatic heterocycles. The third kappa shape index (κ3) is 17.4. The van der Waals surface area contributed by atoms with Gasteiger partial charge in [0.15, 0.2) is 0 Å². The summed E-state index contributed by atoms with van der Waals surface area (Å²) in [6.45, 7) is 2.54. The average Bonchev–Trinajstić information content (AvgIpc) is 2.73. The second-order valence-electron chi connectivity index (χ2n) is 8.13. The first-order chi connectivity index (χ1) is 14.0. The van der Waals surface area contributed by atoms with Crippen LogP contribution in [0.2, 0.25) is 0 Å². The number of hydroxylamine groups is 2. The summed E-state index contributed by atoms with van der Waals surface area (Å²) in [5.41, 5.74) is 5.65. The van der Waals surface area contributed by atoms with Crippen LogP contribution < -0.4 is 5.73 Å². The minimum atomic E-state index is -0.631. The summed E-state index contributed by atoms with van der Waals surface area (Å²) in [7, 11) is 1.31. The summed E-state index contributed by atoms with van der Waals surface area (Å²) in [5, 5.41) is 10.6. The second-order valence-corrected chi connectivity index (χ2v) is 8.13. The van der Waals surface area contributed by atoms with Gasteiger partial charge in [-0.1, -0.05) is 84.0 Å². The van der Waals surface area contributed by atoms with Gasteiger partial charge in [0.2, 0.25) is 5.91 Å². The molecule has 0 rings (SSSR count). The van der Waals surface area contributed by atoms with E-state index in [1.54, 1.807) is 0 Å². The van der Waals surface area contributed by atoms with Crippen LogP contribution in [0.4, 0.5) is 0 Å². The number of esters is 1. The Morgan fingerprint density at radius 1 is 0.828 bits per heavy atom. The first kappa shape index (κ1) is 27.9. The molecule has 0 aliphatic carbocycles. The fourth-order valence-corrected chi connectivity index (χ4v) is 3.44. The maximum Gasteiger partial charge on any atom is 0.322 e. The topological polar surface area (TPSA) is 92.9 Å². The van der Waals surface area contributed by atoms with Gasteiger partial charge in [-0.25, -0.2) is 5.06 Å². The zero-order valence-electron chi connectivity index (χ0n) is 19.0. The maximum absolute atomic E-state index is 11.9. The summed E-state index contributed by atoms with van der Waals surface area (Å²) in [6, 6.07) is -0.631. The lowest BCUT2D eigenvalue weighted by atomic mass is 10.0. The quantitative estimate of drug-likeness (QED) is 0.121. The van der Waals surface area contributed by atoms with Crippen molar-refractivity contribution in [1.82, 2.24) is 5.06 Å². The van der Waals surface area contributed by atoms with Gasteiger partial charge in [-0.2, -0.15) is 0 Å². The van der Waals surface area contributed by atoms with Gasteiger partial charge >= 0.3 is 5.97 Å². The van der Waals surface area contributed by atoms with E-state index >= 15 is 0 Å². The van der Waals surface area contributed by atoms with E-state index in [0.29, 0.717) is 25.7 Å². The summed E-state index contributed by atoms with van der Waals surface area (Å²) in [4.78, 5) is 23.1. The monoisotopic (exact) mass is 414 g/mol. The number of nitrogens with two attached hydrogens (primary N) is 1. The SMILES string of the molecule is CCCCCCCCCCCCCCCC(=O)N(O)CCCC[C@H](N)C(=O)OC. The number of unbranched alkanes of at least 4 members (excludes halogenated alkanes) is 13. The lowest BCUT2D eigenvalue weighted by Crippen LogP contribution is -2.32. The van der Waals surface area contributed by atoms with Crippen molar-refractivity contribution in [3.8, 4) is 0 Å². The molecular weight excluding hydrogens is 368 g/mol. The molecule has 0 saturated heterocycles. The maximum atomic E-state index is 11.9. The molecule has 0 aliphatic rings. The number of carbonyl (C=O) groups excluding carboxylic acids is 2. The van der Waals surface area contributed by atoms with E-state index < -0.39 is 12.0 Å². The number of methoxy groups -OCH3 is 1. The van der Waals surface area contributed by atoms with Crippen LogP contribution >= 0.6 is 0 Å². The Bertz CT molecular complexity index is 404. The number of carbonyl (C=O) groups is 2. The van der Waals surface area contributed by atoms with E-state index in [-0.39, 0.29) is 12.5 Å². The molecule has 0 saturated carbocycles. The van der Waals surface area contributed by atoms with Crippen molar-refractivity contribution in [3.63, 3.8) is 0 Å². The van der Waals surface area contributed by atoms with Gasteiger partial charge in [-0.15, -0.1) is 0 Å². The van der Waals surface area contributed by atoms with Gasteiger partial charge in [-0.05, 0) is 25.7 Å². The van der Waals surface area contributed by atoms with Gasteiger partial charge in [0, 0.05) is 13.0 Å². The predicted octanol–water partition coefficient (Wildman–Crippen LogP) is 5.36. The molecule has 3 N–H and O–H groups in total. The van der Waals surface area contributed by atoms with Gasteiger partial charge in [-0.3, -0.25) is 14.8 Å². The summed E-state index contributed by atoms with van der Waals surface area (Å²) in [6.07, 6.45) is 18.7. The number of nitrogens with zero attached hydrogens (tertiary/aromatic N) is 1. The molecule has 1 amide bonds. The molecule has 6 heteroatoms. The van der Waals surface area contributed by atoms with E-state index in [9.17, 15) is 14.8 Å². The average molecular weight is 415 g/mol. The molecule has 29 heavy (non-hydrogen) atoms. The number of hydrogen-bond donors (Lipinski definition) is 2. The van der Waals surface area contributed by atoms with Gasteiger partial charge in [0.25, 0.3) is 0 Å². The van der Waals surface area contributed by atoms with Crippen molar-refractivity contribution in [2.24, 2.45) is 5.73 Å². The van der Waals surface area contributed by atoms with E-state index in [1.807, 2.05) is 0 Å². The fourth-order valence-electron chi connectivity index (χ4n) is 3.44. The molecule has 0 heterocycles. The van der Waals surface area contributed by atoms with Gasteiger partial charge in [0.05, 0.1) is 7.11 Å². The first-order valence-corrected chi connectivity index (χ1v) is 11.9. The largest absolute Gasteiger partial charge is 0.468 e. The van der Waals surface area contributed by atoms with Crippen LogP contribution in [0.3, 0.4) is 0 Å². The minimum Gasteiger partial charge on any atom is -0.468 e. The van der Waals surface area contributed by atoms with E-state index in [4.69, 9.17) is 5.73 Å². The summed E-state index contributed by atoms with van der Waals surface area (Å²) >= 11 is 0. The van der Waals surface area contributed by atoms with Crippen molar-refractivity contribution in [1.29, 1.82) is 0 Å². The Labute approximate surface area is 178 Å². The molecule has 0 spiro atoms. The van der Waals surface area contributed by atoms with E-state index in [0.717, 1.165) is 17.9 Å². The van der Waals surface area contributed by atoms with Crippen molar-refractivity contribution < 1.29 is 19.5 Å². The van der Waals surface area contributed by atoms with Gasteiger partial charge < -0.3 is 10.5 Å². The molecule has 172 valence electrons. The second kappa shape index (κ2) is 20.1. The number of hydrogen-bond acceptors (Lipinski definition) is 5. The number of rotatable bonds is 20. The van der Waals surface area contributed by atoms with Crippen LogP contribution in [-0.4, -0.2) is 41.8 Å². The highest BCUT2D eigenvalue weighted by Gasteiger charge is 2.14. The Morgan fingerprint density at radius 3 is 1.79 bits per heavy atom. The third-order valence-electron chi connectivity index (χ3n) is 5.42. The van der Waals surface area contributed by atoms with Crippen molar-refractivity contribution in [2.75, 3.05) is 13.7 Å². The Balaban J connectivity index is 3.42. The molecule has 0 radical (unpaired) electrons. The van der Waals surface area contributed by atoms with Crippen LogP contribution in [0.15, 0.2) is 0 Å². The lowest BCUT2D eigenvalue weighted by Gasteiger charge is -2.15. The molecule has 1 atom stereocenters. The molecular formula is C23H46N2O4. The summed E-state index contributed by atoms with van der Waals surface area (Å²) in [5.74, 6) is -0.644. The standard InChI is InChI=1S/C23H46N2O4/c1-3-4-5-6-7-8-9-10-11-12-13-14-15-19-22(26)25(28)20-17-16-18-21(24)23(27)29-2/h21,28H,3-20,24H2,1-2H3/t21-/m0/s1. The lowest BCUT2D eigenvalue weighted by molar-refractivity contribution is -0.165. The van der Waals surface area contributed by atoms with Crippen LogP contribution in [0, 0.1) is 0 Å². The fraction of sp³-hybridized carbons (Fsp3) is 0.913. The molecule has 0 bridgehead atoms. The highest BCUT2D eigenvalue weighted by Crippen LogP contribution is 2.13. The van der Waals surface area contributed by atoms with Crippen LogP contribution in [0.5, 0.6) is 0 Å². The normalized spacial score (nSPS) is 12.0. The highest BCUT2D eigenvalue weighted by atomic mass is 16.5. The zero-order chi connectivity index (χ0) is 21.7. The minimum absolute atomic E-state index is 0.217. The Morgan fingerprint density at radius 2 is 1.31 bits per heavy atom. The zero-order valence-corrected chi connectivity index (χ0v) is 19.0. The molecule has 0 aromatic rings. The van der Waals surface area contributed by atoms with Crippen LogP contribution in [-0.2, 0) is 14.3 Å².